The first kappa shape index (κ1) is 26.6. The maximum Gasteiger partial charge on any atom is 0.336 e. The Morgan fingerprint density at radius 2 is 1.44 bits per heavy atom. The van der Waals surface area contributed by atoms with Crippen LogP contribution in [0.15, 0.2) is 114 Å². The predicted molar refractivity (Wildman–Crippen MR) is 150 cm³/mol. The van der Waals surface area contributed by atoms with E-state index in [9.17, 15) is 14.4 Å². The molecule has 0 atom stereocenters. The first-order valence-electron chi connectivity index (χ1n) is 11.9. The zero-order chi connectivity index (χ0) is 27.5. The molecule has 0 heterocycles. The van der Waals surface area contributed by atoms with Gasteiger partial charge in [-0.05, 0) is 65.7 Å². The van der Waals surface area contributed by atoms with E-state index in [-0.39, 0.29) is 11.7 Å². The molecule has 2 amide bonds. The van der Waals surface area contributed by atoms with Crippen LogP contribution >= 0.6 is 0 Å². The summed E-state index contributed by atoms with van der Waals surface area (Å²) in [5.41, 5.74) is 5.25. The van der Waals surface area contributed by atoms with E-state index >= 15 is 0 Å². The molecule has 8 heteroatoms. The average Bonchev–Trinajstić information content (AvgIpc) is 2.97. The minimum atomic E-state index is -0.548. The molecule has 4 rings (SSSR count). The van der Waals surface area contributed by atoms with Crippen LogP contribution in [0.4, 0.5) is 5.69 Å². The molecule has 0 fully saturated rings. The molecule has 0 bridgehead atoms. The Labute approximate surface area is 225 Å². The fourth-order valence-electron chi connectivity index (χ4n) is 3.48. The topological polar surface area (TPSA) is 106 Å². The van der Waals surface area contributed by atoms with E-state index in [1.165, 1.54) is 19.4 Å². The van der Waals surface area contributed by atoms with Crippen LogP contribution in [0.3, 0.4) is 0 Å². The van der Waals surface area contributed by atoms with Gasteiger partial charge in [0.15, 0.2) is 11.5 Å². The Hall–Kier alpha value is -5.50. The minimum absolute atomic E-state index is 0.246. The van der Waals surface area contributed by atoms with Crippen molar-refractivity contribution in [1.82, 2.24) is 5.43 Å². The molecule has 2 N–H and O–H groups in total. The predicted octanol–water partition coefficient (Wildman–Crippen LogP) is 5.33. The molecule has 0 spiro atoms. The second kappa shape index (κ2) is 13.2. The molecular formula is C31H25N3O5. The molecule has 0 saturated carbocycles. The molecule has 0 aromatic heterocycles. The van der Waals surface area contributed by atoms with E-state index in [1.807, 2.05) is 36.4 Å². The first-order chi connectivity index (χ1) is 19.0. The largest absolute Gasteiger partial charge is 0.493 e. The summed E-state index contributed by atoms with van der Waals surface area (Å²) in [6.07, 6.45) is 4.43. The summed E-state index contributed by atoms with van der Waals surface area (Å²) >= 11 is 0. The van der Waals surface area contributed by atoms with Crippen molar-refractivity contribution < 1.29 is 23.9 Å². The summed E-state index contributed by atoms with van der Waals surface area (Å²) in [4.78, 5) is 37.2. The number of benzene rings is 4. The Balaban J connectivity index is 1.35. The third-order valence-corrected chi connectivity index (χ3v) is 5.41. The number of ether oxygens (including phenoxy) is 2. The van der Waals surface area contributed by atoms with Crippen molar-refractivity contribution in [2.75, 3.05) is 12.4 Å². The zero-order valence-electron chi connectivity index (χ0n) is 21.0. The quantitative estimate of drug-likeness (QED) is 0.102. The molecule has 4 aromatic carbocycles. The summed E-state index contributed by atoms with van der Waals surface area (Å²) in [6, 6.07) is 29.6. The number of hydrazone groups is 1. The monoisotopic (exact) mass is 519 g/mol. The Bertz CT molecular complexity index is 1520. The van der Waals surface area contributed by atoms with E-state index in [4.69, 9.17) is 9.47 Å². The molecule has 194 valence electrons. The van der Waals surface area contributed by atoms with Crippen LogP contribution in [-0.4, -0.2) is 31.1 Å². The van der Waals surface area contributed by atoms with Crippen LogP contribution in [0.5, 0.6) is 11.5 Å². The van der Waals surface area contributed by atoms with Gasteiger partial charge in [-0.15, -0.1) is 0 Å². The van der Waals surface area contributed by atoms with Gasteiger partial charge in [0.2, 0.25) is 0 Å². The number of rotatable bonds is 9. The van der Waals surface area contributed by atoms with Crippen LogP contribution < -0.4 is 20.2 Å². The third kappa shape index (κ3) is 7.74. The summed E-state index contributed by atoms with van der Waals surface area (Å²) < 4.78 is 10.7. The lowest BCUT2D eigenvalue weighted by molar-refractivity contribution is -0.129. The lowest BCUT2D eigenvalue weighted by Crippen LogP contribution is -2.18. The third-order valence-electron chi connectivity index (χ3n) is 5.41. The SMILES string of the molecule is COc1cc(C=NNC(=O)c2cccc(NC(=O)c3ccccc3)c2)ccc1OC(=O)/C=C/c1ccccc1. The highest BCUT2D eigenvalue weighted by Crippen LogP contribution is 2.28. The number of nitrogens with zero attached hydrogens (tertiary/aromatic N) is 1. The lowest BCUT2D eigenvalue weighted by atomic mass is 10.1. The van der Waals surface area contributed by atoms with Gasteiger partial charge in [0, 0.05) is 22.9 Å². The maximum absolute atomic E-state index is 12.6. The number of esters is 1. The highest BCUT2D eigenvalue weighted by Gasteiger charge is 2.10. The van der Waals surface area contributed by atoms with Gasteiger partial charge in [0.05, 0.1) is 13.3 Å². The molecule has 0 unspecified atom stereocenters. The summed E-state index contributed by atoms with van der Waals surface area (Å²) in [5.74, 6) is -0.705. The summed E-state index contributed by atoms with van der Waals surface area (Å²) in [6.45, 7) is 0. The molecule has 0 aliphatic carbocycles. The molecule has 0 aliphatic heterocycles. The van der Waals surface area contributed by atoms with Gasteiger partial charge >= 0.3 is 5.97 Å². The fraction of sp³-hybridized carbons (Fsp3) is 0.0323. The Kier molecular flexibility index (Phi) is 8.96. The van der Waals surface area contributed by atoms with Crippen LogP contribution in [0.25, 0.3) is 6.08 Å². The van der Waals surface area contributed by atoms with Gasteiger partial charge in [-0.3, -0.25) is 9.59 Å². The standard InChI is InChI=1S/C31H25N3O5/c1-38-28-19-23(15-17-27(28)39-29(35)18-16-22-9-4-2-5-10-22)21-32-34-31(37)25-13-8-14-26(20-25)33-30(36)24-11-6-3-7-12-24/h2-21H,1H3,(H,33,36)(H,34,37)/b18-16+,32-21?. The number of nitrogens with one attached hydrogen (secondary N) is 2. The Morgan fingerprint density at radius 3 is 2.18 bits per heavy atom. The van der Waals surface area contributed by atoms with Gasteiger partial charge < -0.3 is 14.8 Å². The first-order valence-corrected chi connectivity index (χ1v) is 11.9. The smallest absolute Gasteiger partial charge is 0.336 e. The van der Waals surface area contributed by atoms with Gasteiger partial charge in [0.25, 0.3) is 11.8 Å². The van der Waals surface area contributed by atoms with Crippen molar-refractivity contribution in [3.05, 3.63) is 131 Å². The highest BCUT2D eigenvalue weighted by atomic mass is 16.6. The van der Waals surface area contributed by atoms with Gasteiger partial charge in [-0.1, -0.05) is 54.6 Å². The van der Waals surface area contributed by atoms with E-state index < -0.39 is 11.9 Å². The summed E-state index contributed by atoms with van der Waals surface area (Å²) in [5, 5.41) is 6.77. The van der Waals surface area contributed by atoms with E-state index in [0.717, 1.165) is 5.56 Å². The number of methoxy groups -OCH3 is 1. The van der Waals surface area contributed by atoms with Gasteiger partial charge in [0.1, 0.15) is 0 Å². The number of carbonyl (C=O) groups excluding carboxylic acids is 3. The van der Waals surface area contributed by atoms with Crippen LogP contribution in [-0.2, 0) is 4.79 Å². The van der Waals surface area contributed by atoms with Crippen LogP contribution in [0, 0.1) is 0 Å². The molecule has 8 nitrogen and oxygen atoms in total. The molecule has 4 aromatic rings. The van der Waals surface area contributed by atoms with Crippen molar-refractivity contribution in [1.29, 1.82) is 0 Å². The van der Waals surface area contributed by atoms with Crippen molar-refractivity contribution in [2.24, 2.45) is 5.10 Å². The lowest BCUT2D eigenvalue weighted by Gasteiger charge is -2.09. The van der Waals surface area contributed by atoms with Crippen molar-refractivity contribution in [3.63, 3.8) is 0 Å². The normalized spacial score (nSPS) is 10.8. The number of amides is 2. The number of hydrogen-bond donors (Lipinski definition) is 2. The molecule has 0 radical (unpaired) electrons. The number of carbonyl (C=O) groups is 3. The van der Waals surface area contributed by atoms with Crippen molar-refractivity contribution in [3.8, 4) is 11.5 Å². The van der Waals surface area contributed by atoms with Crippen LogP contribution in [0.2, 0.25) is 0 Å². The zero-order valence-corrected chi connectivity index (χ0v) is 21.0. The van der Waals surface area contributed by atoms with Gasteiger partial charge in [-0.25, -0.2) is 10.2 Å². The van der Waals surface area contributed by atoms with Crippen LogP contribution in [0.1, 0.15) is 31.8 Å². The number of hydrogen-bond acceptors (Lipinski definition) is 6. The van der Waals surface area contributed by atoms with E-state index in [0.29, 0.717) is 28.1 Å². The minimum Gasteiger partial charge on any atom is -0.493 e. The molecule has 39 heavy (non-hydrogen) atoms. The molecule has 0 saturated heterocycles. The van der Waals surface area contributed by atoms with Crippen molar-refractivity contribution in [2.45, 2.75) is 0 Å². The molecular weight excluding hydrogens is 494 g/mol. The van der Waals surface area contributed by atoms with E-state index in [2.05, 4.69) is 15.8 Å². The van der Waals surface area contributed by atoms with Crippen molar-refractivity contribution >= 4 is 35.8 Å². The second-order valence-corrected chi connectivity index (χ2v) is 8.18. The van der Waals surface area contributed by atoms with Gasteiger partial charge in [-0.2, -0.15) is 5.10 Å². The molecule has 0 aliphatic rings. The second-order valence-electron chi connectivity index (χ2n) is 8.18. The maximum atomic E-state index is 12.6. The summed E-state index contributed by atoms with van der Waals surface area (Å²) in [7, 11) is 1.46. The average molecular weight is 520 g/mol. The van der Waals surface area contributed by atoms with E-state index in [1.54, 1.807) is 72.8 Å². The fourth-order valence-corrected chi connectivity index (χ4v) is 3.48. The Morgan fingerprint density at radius 1 is 0.718 bits per heavy atom. The number of anilines is 1. The highest BCUT2D eigenvalue weighted by molar-refractivity contribution is 6.05.